The number of benzene rings is 2. The minimum absolute atomic E-state index is 0.0411. The lowest BCUT2D eigenvalue weighted by molar-refractivity contribution is 0.501. The van der Waals surface area contributed by atoms with E-state index >= 15 is 0 Å². The highest BCUT2D eigenvalue weighted by Crippen LogP contribution is 2.25. The van der Waals surface area contributed by atoms with E-state index in [1.165, 1.54) is 12.1 Å². The molecular formula is C14H10ClF4N. The quantitative estimate of drug-likeness (QED) is 0.847. The van der Waals surface area contributed by atoms with Crippen molar-refractivity contribution in [3.05, 3.63) is 69.8 Å². The fourth-order valence-electron chi connectivity index (χ4n) is 1.93. The second-order valence-electron chi connectivity index (χ2n) is 4.34. The number of halogens is 5. The number of rotatable bonds is 3. The molecule has 0 spiro atoms. The van der Waals surface area contributed by atoms with Crippen molar-refractivity contribution in [2.45, 2.75) is 12.5 Å². The van der Waals surface area contributed by atoms with Crippen LogP contribution in [0.3, 0.4) is 0 Å². The molecule has 106 valence electrons. The lowest BCUT2D eigenvalue weighted by Crippen LogP contribution is -2.17. The van der Waals surface area contributed by atoms with Crippen LogP contribution in [0.4, 0.5) is 17.6 Å². The minimum atomic E-state index is -1.05. The van der Waals surface area contributed by atoms with Crippen molar-refractivity contribution in [3.8, 4) is 0 Å². The lowest BCUT2D eigenvalue weighted by Gasteiger charge is -2.14. The van der Waals surface area contributed by atoms with E-state index < -0.39 is 34.9 Å². The van der Waals surface area contributed by atoms with Crippen molar-refractivity contribution in [2.75, 3.05) is 0 Å². The average Bonchev–Trinajstić information content (AvgIpc) is 2.32. The molecule has 0 amide bonds. The maximum atomic E-state index is 13.6. The SMILES string of the molecule is NC(Cc1ccc(F)c(Cl)c1)c1c(F)cc(F)cc1F. The fraction of sp³-hybridized carbons (Fsp3) is 0.143. The summed E-state index contributed by atoms with van der Waals surface area (Å²) in [7, 11) is 0. The molecule has 2 rings (SSSR count). The Morgan fingerprint density at radius 1 is 0.950 bits per heavy atom. The minimum Gasteiger partial charge on any atom is -0.323 e. The lowest BCUT2D eigenvalue weighted by atomic mass is 9.98. The van der Waals surface area contributed by atoms with Gasteiger partial charge in [-0.2, -0.15) is 0 Å². The molecule has 1 nitrogen and oxygen atoms in total. The van der Waals surface area contributed by atoms with Gasteiger partial charge in [-0.25, -0.2) is 17.6 Å². The van der Waals surface area contributed by atoms with E-state index in [4.69, 9.17) is 17.3 Å². The highest BCUT2D eigenvalue weighted by molar-refractivity contribution is 6.30. The molecule has 0 aromatic heterocycles. The van der Waals surface area contributed by atoms with E-state index in [0.29, 0.717) is 17.7 Å². The topological polar surface area (TPSA) is 26.0 Å². The Morgan fingerprint density at radius 3 is 2.10 bits per heavy atom. The summed E-state index contributed by atoms with van der Waals surface area (Å²) in [5, 5.41) is -0.102. The van der Waals surface area contributed by atoms with Gasteiger partial charge in [-0.3, -0.25) is 0 Å². The second-order valence-corrected chi connectivity index (χ2v) is 4.75. The Morgan fingerprint density at radius 2 is 1.55 bits per heavy atom. The van der Waals surface area contributed by atoms with Crippen LogP contribution >= 0.6 is 11.6 Å². The van der Waals surface area contributed by atoms with Crippen molar-refractivity contribution in [1.29, 1.82) is 0 Å². The summed E-state index contributed by atoms with van der Waals surface area (Å²) in [6.07, 6.45) is 0.0411. The van der Waals surface area contributed by atoms with Crippen molar-refractivity contribution in [3.63, 3.8) is 0 Å². The molecule has 2 aromatic carbocycles. The van der Waals surface area contributed by atoms with Crippen molar-refractivity contribution in [1.82, 2.24) is 0 Å². The molecular weight excluding hydrogens is 294 g/mol. The third-order valence-corrected chi connectivity index (χ3v) is 3.14. The standard InChI is InChI=1S/C14H10ClF4N/c15-9-3-7(1-2-10(9)17)4-13(20)14-11(18)5-8(16)6-12(14)19/h1-3,5-6,13H,4,20H2. The zero-order valence-electron chi connectivity index (χ0n) is 10.1. The predicted molar refractivity (Wildman–Crippen MR) is 68.4 cm³/mol. The third-order valence-electron chi connectivity index (χ3n) is 2.85. The summed E-state index contributed by atoms with van der Waals surface area (Å²) in [6.45, 7) is 0. The third kappa shape index (κ3) is 3.11. The maximum absolute atomic E-state index is 13.6. The Kier molecular flexibility index (Phi) is 4.30. The average molecular weight is 304 g/mol. The molecule has 2 N–H and O–H groups in total. The van der Waals surface area contributed by atoms with Crippen molar-refractivity contribution < 1.29 is 17.6 Å². The molecule has 1 unspecified atom stereocenters. The van der Waals surface area contributed by atoms with Gasteiger partial charge in [0.25, 0.3) is 0 Å². The molecule has 2 aromatic rings. The van der Waals surface area contributed by atoms with E-state index in [9.17, 15) is 17.6 Å². The molecule has 0 aliphatic rings. The molecule has 0 saturated heterocycles. The highest BCUT2D eigenvalue weighted by atomic mass is 35.5. The molecule has 0 radical (unpaired) electrons. The summed E-state index contributed by atoms with van der Waals surface area (Å²) in [5.74, 6) is -3.71. The van der Waals surface area contributed by atoms with E-state index in [-0.39, 0.29) is 11.4 Å². The summed E-state index contributed by atoms with van der Waals surface area (Å²) in [5.41, 5.74) is 5.84. The van der Waals surface area contributed by atoms with Crippen LogP contribution in [-0.2, 0) is 6.42 Å². The first-order valence-electron chi connectivity index (χ1n) is 5.72. The van der Waals surface area contributed by atoms with Crippen LogP contribution in [-0.4, -0.2) is 0 Å². The van der Waals surface area contributed by atoms with Crippen LogP contribution in [0.5, 0.6) is 0 Å². The molecule has 0 fully saturated rings. The first kappa shape index (κ1) is 14.8. The first-order valence-corrected chi connectivity index (χ1v) is 6.10. The molecule has 0 aliphatic carbocycles. The molecule has 0 saturated carbocycles. The molecule has 20 heavy (non-hydrogen) atoms. The van der Waals surface area contributed by atoms with Crippen LogP contribution < -0.4 is 5.73 Å². The summed E-state index contributed by atoms with van der Waals surface area (Å²) in [6, 6.07) is 3.99. The zero-order chi connectivity index (χ0) is 14.9. The van der Waals surface area contributed by atoms with Crippen LogP contribution in [0.2, 0.25) is 5.02 Å². The molecule has 0 heterocycles. The van der Waals surface area contributed by atoms with Gasteiger partial charge in [0, 0.05) is 23.7 Å². The monoisotopic (exact) mass is 303 g/mol. The van der Waals surface area contributed by atoms with Crippen molar-refractivity contribution >= 4 is 11.6 Å². The molecule has 0 aliphatic heterocycles. The number of nitrogens with two attached hydrogens (primary N) is 1. The Balaban J connectivity index is 2.28. The highest BCUT2D eigenvalue weighted by Gasteiger charge is 2.19. The summed E-state index contributed by atoms with van der Waals surface area (Å²) < 4.78 is 52.9. The fourth-order valence-corrected chi connectivity index (χ4v) is 2.13. The molecule has 0 bridgehead atoms. The van der Waals surface area contributed by atoms with Gasteiger partial charge in [0.05, 0.1) is 5.02 Å². The van der Waals surface area contributed by atoms with Crippen LogP contribution in [0, 0.1) is 23.3 Å². The van der Waals surface area contributed by atoms with Gasteiger partial charge in [0.2, 0.25) is 0 Å². The Hall–Kier alpha value is -1.59. The van der Waals surface area contributed by atoms with Gasteiger partial charge >= 0.3 is 0 Å². The van der Waals surface area contributed by atoms with Gasteiger partial charge < -0.3 is 5.73 Å². The number of hydrogen-bond donors (Lipinski definition) is 1. The maximum Gasteiger partial charge on any atom is 0.141 e. The first-order chi connectivity index (χ1) is 9.38. The van der Waals surface area contributed by atoms with Gasteiger partial charge in [0.1, 0.15) is 23.3 Å². The normalized spacial score (nSPS) is 12.5. The van der Waals surface area contributed by atoms with Crippen molar-refractivity contribution in [2.24, 2.45) is 5.73 Å². The van der Waals surface area contributed by atoms with Gasteiger partial charge in [-0.15, -0.1) is 0 Å². The Labute approximate surface area is 118 Å². The van der Waals surface area contributed by atoms with E-state index in [2.05, 4.69) is 0 Å². The number of hydrogen-bond acceptors (Lipinski definition) is 1. The van der Waals surface area contributed by atoms with Crippen LogP contribution in [0.1, 0.15) is 17.2 Å². The zero-order valence-corrected chi connectivity index (χ0v) is 10.9. The molecule has 6 heteroatoms. The Bertz CT molecular complexity index is 622. The smallest absolute Gasteiger partial charge is 0.141 e. The van der Waals surface area contributed by atoms with Crippen LogP contribution in [0.25, 0.3) is 0 Å². The van der Waals surface area contributed by atoms with E-state index in [1.54, 1.807) is 0 Å². The summed E-state index contributed by atoms with van der Waals surface area (Å²) in [4.78, 5) is 0. The van der Waals surface area contributed by atoms with Crippen LogP contribution in [0.15, 0.2) is 30.3 Å². The van der Waals surface area contributed by atoms with E-state index in [1.807, 2.05) is 0 Å². The second kappa shape index (κ2) is 5.81. The van der Waals surface area contributed by atoms with Gasteiger partial charge in [0.15, 0.2) is 0 Å². The van der Waals surface area contributed by atoms with Gasteiger partial charge in [-0.05, 0) is 24.1 Å². The summed E-state index contributed by atoms with van der Waals surface area (Å²) >= 11 is 5.61. The van der Waals surface area contributed by atoms with Gasteiger partial charge in [-0.1, -0.05) is 17.7 Å². The molecule has 1 atom stereocenters. The largest absolute Gasteiger partial charge is 0.323 e. The van der Waals surface area contributed by atoms with E-state index in [0.717, 1.165) is 6.07 Å². The predicted octanol–water partition coefficient (Wildman–Crippen LogP) is 4.14.